The quantitative estimate of drug-likeness (QED) is 0.0373. The number of unbranched alkanes of at least 4 members (excludes halogenated alkanes) is 19. The minimum Gasteiger partial charge on any atom is -0.390 e. The Hall–Kier alpha value is -3.97. The first-order valence-electron chi connectivity index (χ1n) is 28.5. The normalized spacial score (nSPS) is 19.1. The molecule has 73 heavy (non-hydrogen) atoms. The maximum Gasteiger partial charge on any atom is 0.220 e. The third kappa shape index (κ3) is 24.5. The molecule has 0 spiro atoms. The average molecular weight is 1010 g/mol. The molecule has 3 N–H and O–H groups in total. The Labute approximate surface area is 440 Å². The summed E-state index contributed by atoms with van der Waals surface area (Å²) in [5, 5.41) is 25.4. The minimum atomic E-state index is -1.28. The Morgan fingerprint density at radius 1 is 0.493 bits per heavy atom. The largest absolute Gasteiger partial charge is 0.390 e. The zero-order valence-corrected chi connectivity index (χ0v) is 44.7. The zero-order valence-electron chi connectivity index (χ0n) is 44.7. The molecular formula is C63H93NO9. The van der Waals surface area contributed by atoms with E-state index in [1.54, 1.807) is 6.92 Å². The third-order valence-electron chi connectivity index (χ3n) is 14.1. The van der Waals surface area contributed by atoms with Crippen molar-refractivity contribution in [2.45, 2.75) is 230 Å². The molecule has 1 fully saturated rings. The van der Waals surface area contributed by atoms with Gasteiger partial charge in [0.25, 0.3) is 0 Å². The molecule has 5 rings (SSSR count). The number of hydrogen-bond donors (Lipinski definition) is 3. The smallest absolute Gasteiger partial charge is 0.220 e. The summed E-state index contributed by atoms with van der Waals surface area (Å²) in [5.74, 6) is -0.189. The second-order valence-corrected chi connectivity index (χ2v) is 20.3. The first kappa shape index (κ1) is 59.9. The van der Waals surface area contributed by atoms with Crippen molar-refractivity contribution in [3.05, 3.63) is 144 Å². The Morgan fingerprint density at radius 3 is 1.30 bits per heavy atom. The molecule has 1 aliphatic rings. The molecule has 0 saturated carbocycles. The van der Waals surface area contributed by atoms with Crippen LogP contribution in [0, 0.1) is 0 Å². The predicted molar refractivity (Wildman–Crippen MR) is 293 cm³/mol. The number of hydrogen-bond acceptors (Lipinski definition) is 9. The number of amides is 1. The third-order valence-corrected chi connectivity index (χ3v) is 14.1. The van der Waals surface area contributed by atoms with Gasteiger partial charge >= 0.3 is 0 Å². The molecule has 10 nitrogen and oxygen atoms in total. The fraction of sp³-hybridized carbons (Fsp3) is 0.603. The van der Waals surface area contributed by atoms with Crippen LogP contribution in [-0.2, 0) is 59.6 Å². The van der Waals surface area contributed by atoms with E-state index in [9.17, 15) is 15.0 Å². The number of benzene rings is 4. The van der Waals surface area contributed by atoms with Crippen molar-refractivity contribution < 1.29 is 43.4 Å². The average Bonchev–Trinajstić information content (AvgIpc) is 3.43. The summed E-state index contributed by atoms with van der Waals surface area (Å²) in [7, 11) is 0. The summed E-state index contributed by atoms with van der Waals surface area (Å²) in [6.45, 7) is 5.24. The van der Waals surface area contributed by atoms with E-state index in [2.05, 4.69) is 12.2 Å². The summed E-state index contributed by atoms with van der Waals surface area (Å²) in [4.78, 5) is 13.6. The van der Waals surface area contributed by atoms with Gasteiger partial charge in [0.2, 0.25) is 5.91 Å². The van der Waals surface area contributed by atoms with Crippen LogP contribution in [0.15, 0.2) is 121 Å². The van der Waals surface area contributed by atoms with Gasteiger partial charge in [0.05, 0.1) is 51.8 Å². The van der Waals surface area contributed by atoms with Crippen LogP contribution in [0.3, 0.4) is 0 Å². The lowest BCUT2D eigenvalue weighted by Gasteiger charge is -2.46. The van der Waals surface area contributed by atoms with E-state index < -0.39 is 49.0 Å². The molecule has 1 heterocycles. The maximum atomic E-state index is 13.6. The fourth-order valence-electron chi connectivity index (χ4n) is 9.63. The van der Waals surface area contributed by atoms with Gasteiger partial charge in [0.1, 0.15) is 30.5 Å². The number of aliphatic hydroxyl groups is 2. The van der Waals surface area contributed by atoms with Crippen molar-refractivity contribution in [2.24, 2.45) is 0 Å². The van der Waals surface area contributed by atoms with Gasteiger partial charge in [-0.25, -0.2) is 0 Å². The van der Waals surface area contributed by atoms with E-state index in [-0.39, 0.29) is 32.3 Å². The van der Waals surface area contributed by atoms with E-state index in [1.807, 2.05) is 121 Å². The van der Waals surface area contributed by atoms with Crippen LogP contribution in [0.1, 0.15) is 177 Å². The molecule has 8 atom stereocenters. The Balaban J connectivity index is 1.17. The van der Waals surface area contributed by atoms with E-state index in [1.165, 1.54) is 109 Å². The van der Waals surface area contributed by atoms with Crippen LogP contribution < -0.4 is 5.32 Å². The Bertz CT molecular complexity index is 1920. The number of carbonyl (C=O) groups is 1. The topological polar surface area (TPSA) is 125 Å². The fourth-order valence-corrected chi connectivity index (χ4v) is 9.63. The lowest BCUT2D eigenvalue weighted by Crippen LogP contribution is -2.62. The zero-order chi connectivity index (χ0) is 51.4. The monoisotopic (exact) mass is 1010 g/mol. The summed E-state index contributed by atoms with van der Waals surface area (Å²) in [6, 6.07) is 38.9. The highest BCUT2D eigenvalue weighted by atomic mass is 16.7. The van der Waals surface area contributed by atoms with Crippen LogP contribution in [-0.4, -0.2) is 78.3 Å². The molecule has 5 unspecified atom stereocenters. The highest BCUT2D eigenvalue weighted by Crippen LogP contribution is 2.32. The van der Waals surface area contributed by atoms with Crippen LogP contribution in [0.5, 0.6) is 0 Å². The van der Waals surface area contributed by atoms with E-state index in [4.69, 9.17) is 28.4 Å². The molecule has 0 radical (unpaired) electrons. The molecule has 10 heteroatoms. The number of rotatable bonds is 41. The van der Waals surface area contributed by atoms with E-state index in [0.29, 0.717) is 26.1 Å². The van der Waals surface area contributed by atoms with Crippen LogP contribution >= 0.6 is 0 Å². The van der Waals surface area contributed by atoms with E-state index in [0.717, 1.165) is 41.5 Å². The van der Waals surface area contributed by atoms with Gasteiger partial charge in [-0.05, 0) is 35.1 Å². The van der Waals surface area contributed by atoms with Gasteiger partial charge in [-0.3, -0.25) is 4.79 Å². The molecule has 1 aliphatic heterocycles. The number of carbonyl (C=O) groups excluding carboxylic acids is 1. The van der Waals surface area contributed by atoms with Gasteiger partial charge in [0.15, 0.2) is 6.29 Å². The SMILES string of the molecule is CCCCCCCCCCCCCCCCCCCCCCC(=O)N[C@@H](COC1OC(COCc2ccccc2)C(OCc2ccccc2)C(OCc2ccccc2)C1OCc1ccccc1)[C@H](O)[C@H](O)CC. The van der Waals surface area contributed by atoms with Crippen molar-refractivity contribution in [1.29, 1.82) is 0 Å². The highest BCUT2D eigenvalue weighted by Gasteiger charge is 2.49. The van der Waals surface area contributed by atoms with Crippen LogP contribution in [0.2, 0.25) is 0 Å². The molecule has 404 valence electrons. The summed E-state index contributed by atoms with van der Waals surface area (Å²) >= 11 is 0. The van der Waals surface area contributed by atoms with Crippen molar-refractivity contribution in [2.75, 3.05) is 13.2 Å². The standard InChI is InChI=1S/C63H93NO9/c1-3-5-6-7-8-9-10-11-12-13-14-15-16-17-18-19-20-21-22-35-44-58(66)64-55(59(67)56(65)4-2)49-72-63-62(71-48-54-42-33-26-34-43-54)61(70-47-53-40-31-25-32-41-53)60(69-46-52-38-29-24-30-39-52)57(73-63)50-68-45-51-36-27-23-28-37-51/h23-34,36-43,55-57,59-63,65,67H,3-22,35,44-50H2,1-2H3,(H,64,66)/t55-,56+,57?,59-,60?,61?,62?,63?/m0/s1. The number of nitrogens with one attached hydrogen (secondary N) is 1. The van der Waals surface area contributed by atoms with Gasteiger partial charge < -0.3 is 44.0 Å². The molecule has 1 amide bonds. The van der Waals surface area contributed by atoms with E-state index >= 15 is 0 Å². The van der Waals surface area contributed by atoms with Crippen molar-refractivity contribution >= 4 is 5.91 Å². The molecule has 1 saturated heterocycles. The Kier molecular flexibility index (Phi) is 30.9. The molecular weight excluding hydrogens is 915 g/mol. The number of aliphatic hydroxyl groups excluding tert-OH is 2. The first-order valence-corrected chi connectivity index (χ1v) is 28.5. The van der Waals surface area contributed by atoms with Gasteiger partial charge in [-0.15, -0.1) is 0 Å². The van der Waals surface area contributed by atoms with Gasteiger partial charge in [0, 0.05) is 6.42 Å². The lowest BCUT2D eigenvalue weighted by atomic mass is 9.97. The second kappa shape index (κ2) is 37.7. The van der Waals surface area contributed by atoms with Crippen molar-refractivity contribution in [3.63, 3.8) is 0 Å². The molecule has 0 aromatic heterocycles. The first-order chi connectivity index (χ1) is 35.9. The summed E-state index contributed by atoms with van der Waals surface area (Å²) < 4.78 is 40.4. The molecule has 4 aromatic carbocycles. The Morgan fingerprint density at radius 2 is 0.877 bits per heavy atom. The predicted octanol–water partition coefficient (Wildman–Crippen LogP) is 13.5. The van der Waals surface area contributed by atoms with Crippen LogP contribution in [0.4, 0.5) is 0 Å². The molecule has 0 aliphatic carbocycles. The van der Waals surface area contributed by atoms with Gasteiger partial charge in [-0.2, -0.15) is 0 Å². The van der Waals surface area contributed by atoms with Gasteiger partial charge in [-0.1, -0.05) is 257 Å². The molecule has 0 bridgehead atoms. The maximum absolute atomic E-state index is 13.6. The summed E-state index contributed by atoms with van der Waals surface area (Å²) in [6.07, 6.45) is 20.2. The van der Waals surface area contributed by atoms with Crippen molar-refractivity contribution in [3.8, 4) is 0 Å². The van der Waals surface area contributed by atoms with Crippen LogP contribution in [0.25, 0.3) is 0 Å². The lowest BCUT2D eigenvalue weighted by molar-refractivity contribution is -0.330. The summed E-state index contributed by atoms with van der Waals surface area (Å²) in [5.41, 5.74) is 3.94. The molecule has 4 aromatic rings. The second-order valence-electron chi connectivity index (χ2n) is 20.3. The van der Waals surface area contributed by atoms with Crippen molar-refractivity contribution in [1.82, 2.24) is 5.32 Å². The minimum absolute atomic E-state index is 0.154. The number of ether oxygens (including phenoxy) is 6. The highest BCUT2D eigenvalue weighted by molar-refractivity contribution is 5.76.